The van der Waals surface area contributed by atoms with Crippen molar-refractivity contribution in [3.8, 4) is 11.4 Å². The number of morpholine rings is 1. The second kappa shape index (κ2) is 9.49. The van der Waals surface area contributed by atoms with Crippen molar-refractivity contribution in [2.45, 2.75) is 17.5 Å². The zero-order chi connectivity index (χ0) is 21.9. The third-order valence-electron chi connectivity index (χ3n) is 5.27. The number of fused-ring (bicyclic) bond motifs is 1. The first-order valence-electron chi connectivity index (χ1n) is 10.3. The van der Waals surface area contributed by atoms with E-state index < -0.39 is 0 Å². The minimum Gasteiger partial charge on any atom is -0.379 e. The Kier molecular flexibility index (Phi) is 6.30. The summed E-state index contributed by atoms with van der Waals surface area (Å²) < 4.78 is 22.5. The van der Waals surface area contributed by atoms with E-state index in [1.165, 1.54) is 39.6 Å². The molecule has 0 bridgehead atoms. The number of nitrogens with zero attached hydrogens (tertiary/aromatic N) is 6. The predicted molar refractivity (Wildman–Crippen MR) is 122 cm³/mol. The molecule has 4 aromatic rings. The van der Waals surface area contributed by atoms with Gasteiger partial charge in [-0.15, -0.1) is 21.5 Å². The maximum atomic E-state index is 13.4. The number of aromatic nitrogens is 5. The largest absolute Gasteiger partial charge is 0.379 e. The van der Waals surface area contributed by atoms with Gasteiger partial charge in [0.25, 0.3) is 5.56 Å². The van der Waals surface area contributed by atoms with Crippen LogP contribution < -0.4 is 5.56 Å². The Labute approximate surface area is 191 Å². The van der Waals surface area contributed by atoms with Crippen molar-refractivity contribution in [1.82, 2.24) is 29.0 Å². The molecule has 32 heavy (non-hydrogen) atoms. The van der Waals surface area contributed by atoms with Gasteiger partial charge in [-0.05, 0) is 24.3 Å². The average Bonchev–Trinajstić information content (AvgIpc) is 3.45. The Morgan fingerprint density at radius 3 is 2.75 bits per heavy atom. The van der Waals surface area contributed by atoms with Gasteiger partial charge in [0.2, 0.25) is 0 Å². The maximum Gasteiger partial charge on any atom is 0.258 e. The lowest BCUT2D eigenvalue weighted by Gasteiger charge is -2.27. The van der Waals surface area contributed by atoms with E-state index in [0.29, 0.717) is 28.8 Å². The fourth-order valence-corrected chi connectivity index (χ4v) is 5.17. The fourth-order valence-electron chi connectivity index (χ4n) is 3.58. The lowest BCUT2D eigenvalue weighted by Crippen LogP contribution is -2.38. The van der Waals surface area contributed by atoms with Gasteiger partial charge in [0, 0.05) is 55.1 Å². The molecule has 0 N–H and O–H groups in total. The van der Waals surface area contributed by atoms with Crippen molar-refractivity contribution in [1.29, 1.82) is 0 Å². The summed E-state index contributed by atoms with van der Waals surface area (Å²) in [5.74, 6) is 0.912. The second-order valence-electron chi connectivity index (χ2n) is 7.35. The van der Waals surface area contributed by atoms with Crippen molar-refractivity contribution >= 4 is 28.1 Å². The Hall–Kier alpha value is -2.60. The lowest BCUT2D eigenvalue weighted by atomic mass is 10.2. The summed E-state index contributed by atoms with van der Waals surface area (Å²) in [4.78, 5) is 19.9. The zero-order valence-corrected chi connectivity index (χ0v) is 18.8. The maximum absolute atomic E-state index is 13.4. The van der Waals surface area contributed by atoms with Crippen molar-refractivity contribution in [3.63, 3.8) is 0 Å². The van der Waals surface area contributed by atoms with Crippen molar-refractivity contribution in [2.75, 3.05) is 32.8 Å². The van der Waals surface area contributed by atoms with E-state index in [4.69, 9.17) is 4.74 Å². The van der Waals surface area contributed by atoms with Crippen LogP contribution in [-0.4, -0.2) is 61.9 Å². The number of thiazole rings is 1. The molecule has 1 saturated heterocycles. The molecule has 0 amide bonds. The molecule has 11 heteroatoms. The highest BCUT2D eigenvalue weighted by Gasteiger charge is 2.17. The van der Waals surface area contributed by atoms with Gasteiger partial charge in [-0.1, -0.05) is 11.8 Å². The molecule has 1 fully saturated rings. The summed E-state index contributed by atoms with van der Waals surface area (Å²) in [6.45, 7) is 4.80. The van der Waals surface area contributed by atoms with E-state index in [-0.39, 0.29) is 11.4 Å². The first kappa shape index (κ1) is 21.3. The molecule has 1 aliphatic heterocycles. The van der Waals surface area contributed by atoms with Crippen LogP contribution in [0.15, 0.2) is 51.9 Å². The quantitative estimate of drug-likeness (QED) is 0.383. The SMILES string of the molecule is O=c1cc(CSc2nnc(-c3ccc(F)cc3)n2CCN2CCOCC2)nc2sccn12. The normalized spacial score (nSPS) is 14.9. The van der Waals surface area contributed by atoms with Gasteiger partial charge in [0.05, 0.1) is 18.9 Å². The van der Waals surface area contributed by atoms with Gasteiger partial charge >= 0.3 is 0 Å². The van der Waals surface area contributed by atoms with E-state index >= 15 is 0 Å². The number of hydrogen-bond acceptors (Lipinski definition) is 8. The molecule has 1 aliphatic rings. The number of rotatable bonds is 7. The van der Waals surface area contributed by atoms with Crippen LogP contribution in [0.4, 0.5) is 4.39 Å². The number of thioether (sulfide) groups is 1. The van der Waals surface area contributed by atoms with E-state index in [0.717, 1.165) is 43.6 Å². The molecular weight excluding hydrogens is 451 g/mol. The topological polar surface area (TPSA) is 77.5 Å². The third-order valence-corrected chi connectivity index (χ3v) is 7.03. The molecule has 4 heterocycles. The average molecular weight is 473 g/mol. The summed E-state index contributed by atoms with van der Waals surface area (Å²) in [6.07, 6.45) is 1.73. The van der Waals surface area contributed by atoms with Crippen LogP contribution in [0, 0.1) is 5.82 Å². The Balaban J connectivity index is 1.39. The van der Waals surface area contributed by atoms with E-state index in [1.54, 1.807) is 24.4 Å². The molecule has 0 spiro atoms. The number of benzene rings is 1. The number of halogens is 1. The molecule has 5 rings (SSSR count). The van der Waals surface area contributed by atoms with Gasteiger partial charge in [-0.25, -0.2) is 9.37 Å². The summed E-state index contributed by atoms with van der Waals surface area (Å²) in [7, 11) is 0. The summed E-state index contributed by atoms with van der Waals surface area (Å²) >= 11 is 2.92. The molecule has 0 radical (unpaired) electrons. The number of ether oxygens (including phenoxy) is 1. The molecule has 0 saturated carbocycles. The molecule has 1 aromatic carbocycles. The zero-order valence-electron chi connectivity index (χ0n) is 17.2. The standard InChI is InChI=1S/C21H21FN6O2S2/c22-16-3-1-15(2-4-16)19-24-25-21(28(19)6-5-26-7-10-30-11-8-26)32-14-17-13-18(29)27-9-12-31-20(27)23-17/h1-4,9,12-13H,5-8,10-11,14H2. The Morgan fingerprint density at radius 2 is 1.94 bits per heavy atom. The van der Waals surface area contributed by atoms with Crippen LogP contribution in [0.3, 0.4) is 0 Å². The summed E-state index contributed by atoms with van der Waals surface area (Å²) in [5.41, 5.74) is 1.42. The van der Waals surface area contributed by atoms with Crippen LogP contribution in [0.5, 0.6) is 0 Å². The number of hydrogen-bond donors (Lipinski definition) is 0. The van der Waals surface area contributed by atoms with Gasteiger partial charge in [0.1, 0.15) is 5.82 Å². The highest BCUT2D eigenvalue weighted by atomic mass is 32.2. The van der Waals surface area contributed by atoms with Crippen LogP contribution in [0.1, 0.15) is 5.69 Å². The summed E-state index contributed by atoms with van der Waals surface area (Å²) in [5, 5.41) is 11.4. The molecule has 166 valence electrons. The minimum absolute atomic E-state index is 0.0902. The van der Waals surface area contributed by atoms with Crippen molar-refractivity contribution in [2.24, 2.45) is 0 Å². The molecular formula is C21H21FN6O2S2. The molecule has 0 unspecified atom stereocenters. The molecule has 0 atom stereocenters. The smallest absolute Gasteiger partial charge is 0.258 e. The Morgan fingerprint density at radius 1 is 1.12 bits per heavy atom. The summed E-state index contributed by atoms with van der Waals surface area (Å²) in [6, 6.07) is 7.84. The minimum atomic E-state index is -0.288. The Bertz CT molecular complexity index is 1260. The monoisotopic (exact) mass is 472 g/mol. The van der Waals surface area contributed by atoms with Gasteiger partial charge in [-0.3, -0.25) is 14.1 Å². The first-order chi connectivity index (χ1) is 15.7. The van der Waals surface area contributed by atoms with Crippen LogP contribution in [0.25, 0.3) is 16.3 Å². The highest BCUT2D eigenvalue weighted by molar-refractivity contribution is 7.98. The highest BCUT2D eigenvalue weighted by Crippen LogP contribution is 2.26. The van der Waals surface area contributed by atoms with Crippen LogP contribution >= 0.6 is 23.1 Å². The van der Waals surface area contributed by atoms with Crippen LogP contribution in [0.2, 0.25) is 0 Å². The van der Waals surface area contributed by atoms with E-state index in [2.05, 4.69) is 24.6 Å². The third kappa shape index (κ3) is 4.60. The van der Waals surface area contributed by atoms with Crippen LogP contribution in [-0.2, 0) is 17.0 Å². The van der Waals surface area contributed by atoms with Gasteiger partial charge in [-0.2, -0.15) is 0 Å². The molecule has 3 aromatic heterocycles. The van der Waals surface area contributed by atoms with Gasteiger partial charge < -0.3 is 9.30 Å². The van der Waals surface area contributed by atoms with Crippen molar-refractivity contribution < 1.29 is 9.13 Å². The second-order valence-corrected chi connectivity index (χ2v) is 9.16. The molecule has 0 aliphatic carbocycles. The fraction of sp³-hybridized carbons (Fsp3) is 0.333. The van der Waals surface area contributed by atoms with E-state index in [1.807, 2.05) is 5.38 Å². The van der Waals surface area contributed by atoms with Gasteiger partial charge in [0.15, 0.2) is 15.9 Å². The predicted octanol–water partition coefficient (Wildman–Crippen LogP) is 2.78. The van der Waals surface area contributed by atoms with E-state index in [9.17, 15) is 9.18 Å². The first-order valence-corrected chi connectivity index (χ1v) is 12.1. The van der Waals surface area contributed by atoms with Crippen molar-refractivity contribution in [3.05, 3.63) is 63.8 Å². The lowest BCUT2D eigenvalue weighted by molar-refractivity contribution is 0.0361. The molecule has 8 nitrogen and oxygen atoms in total.